The highest BCUT2D eigenvalue weighted by molar-refractivity contribution is 6.29. The number of nitrogens with one attached hydrogen (secondary N) is 1. The first kappa shape index (κ1) is 11.7. The molecule has 0 unspecified atom stereocenters. The Hall–Kier alpha value is -1.42. The Balaban J connectivity index is 2.44. The van der Waals surface area contributed by atoms with E-state index in [9.17, 15) is 9.59 Å². The molecule has 0 saturated heterocycles. The summed E-state index contributed by atoms with van der Waals surface area (Å²) in [5.74, 6) is -0.200. The van der Waals surface area contributed by atoms with Crippen LogP contribution >= 0.6 is 11.6 Å². The Morgan fingerprint density at radius 1 is 1.40 bits per heavy atom. The number of amides is 1. The van der Waals surface area contributed by atoms with Crippen LogP contribution in [0.25, 0.3) is 0 Å². The second-order valence-electron chi connectivity index (χ2n) is 3.12. The van der Waals surface area contributed by atoms with Crippen molar-refractivity contribution in [1.82, 2.24) is 4.98 Å². The minimum Gasteiger partial charge on any atom is -0.325 e. The Bertz CT molecular complexity index is 362. The number of Topliss-reactive ketones (excluding diaryl/α,β-unsaturated/α-hetero) is 1. The number of halogens is 1. The first-order valence-electron chi connectivity index (χ1n) is 4.49. The van der Waals surface area contributed by atoms with E-state index in [1.165, 1.54) is 13.1 Å². The molecule has 0 aliphatic heterocycles. The largest absolute Gasteiger partial charge is 0.325 e. The molecule has 0 saturated carbocycles. The molecule has 0 aromatic carbocycles. The lowest BCUT2D eigenvalue weighted by Gasteiger charge is -2.03. The Labute approximate surface area is 92.7 Å². The van der Waals surface area contributed by atoms with Gasteiger partial charge in [-0.3, -0.25) is 4.79 Å². The molecule has 0 radical (unpaired) electrons. The molecule has 0 aliphatic carbocycles. The minimum atomic E-state index is -0.200. The van der Waals surface area contributed by atoms with E-state index in [-0.39, 0.29) is 24.5 Å². The quantitative estimate of drug-likeness (QED) is 0.800. The molecule has 0 spiro atoms. The van der Waals surface area contributed by atoms with Crippen LogP contribution in [0.1, 0.15) is 19.8 Å². The number of ketones is 1. The minimum absolute atomic E-state index is 0.000573. The molecule has 1 aromatic heterocycles. The summed E-state index contributed by atoms with van der Waals surface area (Å²) >= 11 is 5.58. The Morgan fingerprint density at radius 3 is 2.67 bits per heavy atom. The van der Waals surface area contributed by atoms with Gasteiger partial charge in [0.15, 0.2) is 0 Å². The number of hydrogen-bond donors (Lipinski definition) is 1. The highest BCUT2D eigenvalue weighted by Gasteiger charge is 2.04. The zero-order valence-corrected chi connectivity index (χ0v) is 9.04. The van der Waals surface area contributed by atoms with Gasteiger partial charge >= 0.3 is 0 Å². The van der Waals surface area contributed by atoms with Crippen molar-refractivity contribution in [2.24, 2.45) is 0 Å². The predicted octanol–water partition coefficient (Wildman–Crippen LogP) is 2.04. The van der Waals surface area contributed by atoms with Gasteiger partial charge in [0.25, 0.3) is 0 Å². The van der Waals surface area contributed by atoms with E-state index in [0.717, 1.165) is 0 Å². The highest BCUT2D eigenvalue weighted by atomic mass is 35.5. The van der Waals surface area contributed by atoms with Gasteiger partial charge in [0.05, 0.1) is 11.9 Å². The van der Waals surface area contributed by atoms with Crippen molar-refractivity contribution in [3.05, 3.63) is 23.5 Å². The van der Waals surface area contributed by atoms with Gasteiger partial charge in [0.2, 0.25) is 5.91 Å². The fourth-order valence-corrected chi connectivity index (χ4v) is 1.07. The van der Waals surface area contributed by atoms with E-state index < -0.39 is 0 Å². The molecule has 15 heavy (non-hydrogen) atoms. The molecule has 0 aliphatic rings. The zero-order valence-electron chi connectivity index (χ0n) is 8.29. The summed E-state index contributed by atoms with van der Waals surface area (Å²) in [6, 6.07) is 3.24. The molecular formula is C10H11ClN2O2. The van der Waals surface area contributed by atoms with Crippen molar-refractivity contribution >= 4 is 29.0 Å². The van der Waals surface area contributed by atoms with Crippen LogP contribution in [-0.4, -0.2) is 16.7 Å². The van der Waals surface area contributed by atoms with E-state index in [0.29, 0.717) is 10.8 Å². The third-order valence-electron chi connectivity index (χ3n) is 1.72. The van der Waals surface area contributed by atoms with E-state index in [4.69, 9.17) is 11.6 Å². The second-order valence-corrected chi connectivity index (χ2v) is 3.51. The average Bonchev–Trinajstić information content (AvgIpc) is 2.19. The van der Waals surface area contributed by atoms with Gasteiger partial charge < -0.3 is 10.1 Å². The van der Waals surface area contributed by atoms with Gasteiger partial charge in [-0.05, 0) is 19.1 Å². The van der Waals surface area contributed by atoms with Crippen molar-refractivity contribution in [2.45, 2.75) is 19.8 Å². The predicted molar refractivity (Wildman–Crippen MR) is 57.8 cm³/mol. The van der Waals surface area contributed by atoms with E-state index in [2.05, 4.69) is 10.3 Å². The van der Waals surface area contributed by atoms with Crippen LogP contribution in [0, 0.1) is 0 Å². The van der Waals surface area contributed by atoms with Gasteiger partial charge in [-0.15, -0.1) is 0 Å². The smallest absolute Gasteiger partial charge is 0.224 e. The number of aromatic nitrogens is 1. The van der Waals surface area contributed by atoms with Crippen molar-refractivity contribution in [1.29, 1.82) is 0 Å². The molecule has 80 valence electrons. The maximum Gasteiger partial charge on any atom is 0.224 e. The number of carbonyl (C=O) groups excluding carboxylic acids is 2. The maximum atomic E-state index is 11.3. The molecular weight excluding hydrogens is 216 g/mol. The monoisotopic (exact) mass is 226 g/mol. The standard InChI is InChI=1S/C10H11ClN2O2/c1-7(14)2-5-10(15)13-8-3-4-9(11)12-6-8/h3-4,6H,2,5H2,1H3,(H,13,15). The Kier molecular flexibility index (Phi) is 4.24. The number of carbonyl (C=O) groups is 2. The van der Waals surface area contributed by atoms with Crippen LogP contribution in [0.4, 0.5) is 5.69 Å². The molecule has 0 fully saturated rings. The highest BCUT2D eigenvalue weighted by Crippen LogP contribution is 2.10. The molecule has 1 amide bonds. The molecule has 5 heteroatoms. The molecule has 1 rings (SSSR count). The fraction of sp³-hybridized carbons (Fsp3) is 0.300. The first-order chi connectivity index (χ1) is 7.08. The molecule has 1 N–H and O–H groups in total. The van der Waals surface area contributed by atoms with Crippen LogP contribution in [0.2, 0.25) is 5.15 Å². The van der Waals surface area contributed by atoms with Crippen LogP contribution < -0.4 is 5.32 Å². The summed E-state index contributed by atoms with van der Waals surface area (Å²) in [7, 11) is 0. The average molecular weight is 227 g/mol. The number of pyridine rings is 1. The van der Waals surface area contributed by atoms with E-state index >= 15 is 0 Å². The molecule has 1 aromatic rings. The zero-order chi connectivity index (χ0) is 11.3. The van der Waals surface area contributed by atoms with Crippen molar-refractivity contribution in [3.8, 4) is 0 Å². The summed E-state index contributed by atoms with van der Waals surface area (Å²) in [6.07, 6.45) is 1.92. The topological polar surface area (TPSA) is 59.1 Å². The van der Waals surface area contributed by atoms with Gasteiger partial charge in [-0.25, -0.2) is 4.98 Å². The van der Waals surface area contributed by atoms with Gasteiger partial charge in [-0.2, -0.15) is 0 Å². The number of rotatable bonds is 4. The SMILES string of the molecule is CC(=O)CCC(=O)Nc1ccc(Cl)nc1. The summed E-state index contributed by atoms with van der Waals surface area (Å²) in [5, 5.41) is 2.98. The van der Waals surface area contributed by atoms with Crippen molar-refractivity contribution < 1.29 is 9.59 Å². The summed E-state index contributed by atoms with van der Waals surface area (Å²) < 4.78 is 0. The lowest BCUT2D eigenvalue weighted by molar-refractivity contribution is -0.121. The van der Waals surface area contributed by atoms with Crippen molar-refractivity contribution in [3.63, 3.8) is 0 Å². The van der Waals surface area contributed by atoms with Crippen LogP contribution in [0.3, 0.4) is 0 Å². The first-order valence-corrected chi connectivity index (χ1v) is 4.86. The van der Waals surface area contributed by atoms with Gasteiger partial charge in [0, 0.05) is 12.8 Å². The van der Waals surface area contributed by atoms with E-state index in [1.54, 1.807) is 12.1 Å². The number of hydrogen-bond acceptors (Lipinski definition) is 3. The van der Waals surface area contributed by atoms with Crippen LogP contribution in [0.5, 0.6) is 0 Å². The molecule has 4 nitrogen and oxygen atoms in total. The second kappa shape index (κ2) is 5.46. The molecule has 0 bridgehead atoms. The Morgan fingerprint density at radius 2 is 2.13 bits per heavy atom. The molecule has 0 atom stereocenters. The maximum absolute atomic E-state index is 11.3. The summed E-state index contributed by atoms with van der Waals surface area (Å²) in [5.41, 5.74) is 0.577. The fourth-order valence-electron chi connectivity index (χ4n) is 0.963. The van der Waals surface area contributed by atoms with Crippen LogP contribution in [0.15, 0.2) is 18.3 Å². The third kappa shape index (κ3) is 4.56. The summed E-state index contributed by atoms with van der Waals surface area (Å²) in [4.78, 5) is 25.7. The third-order valence-corrected chi connectivity index (χ3v) is 1.94. The number of nitrogens with zero attached hydrogens (tertiary/aromatic N) is 1. The van der Waals surface area contributed by atoms with E-state index in [1.807, 2.05) is 0 Å². The molecule has 1 heterocycles. The van der Waals surface area contributed by atoms with Crippen LogP contribution in [-0.2, 0) is 9.59 Å². The lowest BCUT2D eigenvalue weighted by atomic mass is 10.2. The lowest BCUT2D eigenvalue weighted by Crippen LogP contribution is -2.12. The van der Waals surface area contributed by atoms with Crippen molar-refractivity contribution in [2.75, 3.05) is 5.32 Å². The number of anilines is 1. The van der Waals surface area contributed by atoms with Gasteiger partial charge in [0.1, 0.15) is 10.9 Å². The van der Waals surface area contributed by atoms with Gasteiger partial charge in [-0.1, -0.05) is 11.6 Å². The normalized spacial score (nSPS) is 9.73. The summed E-state index contributed by atoms with van der Waals surface area (Å²) in [6.45, 7) is 1.46.